The summed E-state index contributed by atoms with van der Waals surface area (Å²) in [6, 6.07) is 8.17. The first kappa shape index (κ1) is 15.8. The molecule has 0 atom stereocenters. The largest absolute Gasteiger partial charge is 0.383 e. The third kappa shape index (κ3) is 5.11. The molecule has 4 nitrogen and oxygen atoms in total. The molecule has 0 aliphatic carbocycles. The maximum Gasteiger partial charge on any atom is 0.102 e. The Balaban J connectivity index is 2.52. The fourth-order valence-electron chi connectivity index (χ4n) is 1.70. The van der Waals surface area contributed by atoms with E-state index in [9.17, 15) is 5.26 Å². The Hall–Kier alpha value is -1.22. The van der Waals surface area contributed by atoms with Crippen LogP contribution in [0.4, 0.5) is 5.69 Å². The van der Waals surface area contributed by atoms with Crippen LogP contribution in [-0.4, -0.2) is 51.6 Å². The second kappa shape index (κ2) is 8.81. The molecule has 0 saturated carbocycles. The first-order valence-electron chi connectivity index (χ1n) is 6.21. The highest BCUT2D eigenvalue weighted by molar-refractivity contribution is 7.98. The average molecular weight is 279 g/mol. The van der Waals surface area contributed by atoms with Crippen molar-refractivity contribution in [2.24, 2.45) is 0 Å². The number of methoxy groups -OCH3 is 1. The number of nitriles is 1. The molecular formula is C14H21N3OS. The van der Waals surface area contributed by atoms with Gasteiger partial charge in [0.2, 0.25) is 0 Å². The summed E-state index contributed by atoms with van der Waals surface area (Å²) in [6.07, 6.45) is 1.98. The molecule has 1 N–H and O–H groups in total. The maximum atomic E-state index is 9.22. The van der Waals surface area contributed by atoms with Crippen LogP contribution in [0.25, 0.3) is 0 Å². The second-order valence-corrected chi connectivity index (χ2v) is 5.07. The van der Waals surface area contributed by atoms with Gasteiger partial charge in [0, 0.05) is 31.6 Å². The minimum absolute atomic E-state index is 0.731. The first-order chi connectivity index (χ1) is 9.22. The highest BCUT2D eigenvalue weighted by Gasteiger charge is 2.06. The van der Waals surface area contributed by atoms with Crippen LogP contribution in [0.2, 0.25) is 0 Å². The number of benzene rings is 1. The third-order valence-electron chi connectivity index (χ3n) is 2.84. The van der Waals surface area contributed by atoms with Gasteiger partial charge in [0.05, 0.1) is 17.9 Å². The van der Waals surface area contributed by atoms with E-state index in [2.05, 4.69) is 23.3 Å². The Kier molecular flexibility index (Phi) is 7.34. The van der Waals surface area contributed by atoms with Crippen molar-refractivity contribution >= 4 is 17.4 Å². The Morgan fingerprint density at radius 3 is 2.84 bits per heavy atom. The minimum atomic E-state index is 0.731. The summed E-state index contributed by atoms with van der Waals surface area (Å²) >= 11 is 1.60. The van der Waals surface area contributed by atoms with Crippen LogP contribution in [0.3, 0.4) is 0 Å². The molecule has 5 heteroatoms. The van der Waals surface area contributed by atoms with Crippen molar-refractivity contribution in [3.05, 3.63) is 23.8 Å². The van der Waals surface area contributed by atoms with Gasteiger partial charge in [-0.05, 0) is 25.4 Å². The van der Waals surface area contributed by atoms with Crippen molar-refractivity contribution in [3.63, 3.8) is 0 Å². The summed E-state index contributed by atoms with van der Waals surface area (Å²) in [6.45, 7) is 3.38. The highest BCUT2D eigenvalue weighted by atomic mass is 32.2. The quantitative estimate of drug-likeness (QED) is 0.740. The average Bonchev–Trinajstić information content (AvgIpc) is 2.44. The monoisotopic (exact) mass is 279 g/mol. The molecule has 1 aromatic carbocycles. The van der Waals surface area contributed by atoms with Gasteiger partial charge < -0.3 is 15.0 Å². The lowest BCUT2D eigenvalue weighted by atomic mass is 10.2. The van der Waals surface area contributed by atoms with Gasteiger partial charge in [-0.25, -0.2) is 0 Å². The lowest BCUT2D eigenvalue weighted by Crippen LogP contribution is -2.28. The topological polar surface area (TPSA) is 48.3 Å². The standard InChI is InChI=1S/C14H21N3OS/c1-17(9-10-18-2)8-7-16-13-5-4-6-14(19-3)12(13)11-15/h4-6,16H,7-10H2,1-3H3. The Morgan fingerprint density at radius 1 is 1.42 bits per heavy atom. The molecule has 0 amide bonds. The molecule has 104 valence electrons. The van der Waals surface area contributed by atoms with E-state index in [1.54, 1.807) is 18.9 Å². The van der Waals surface area contributed by atoms with Crippen molar-refractivity contribution in [2.45, 2.75) is 4.90 Å². The summed E-state index contributed by atoms with van der Waals surface area (Å²) < 4.78 is 5.04. The zero-order chi connectivity index (χ0) is 14.1. The van der Waals surface area contributed by atoms with Gasteiger partial charge in [0.15, 0.2) is 0 Å². The molecule has 0 unspecified atom stereocenters. The molecule has 1 rings (SSSR count). The number of rotatable bonds is 8. The fourth-order valence-corrected chi connectivity index (χ4v) is 2.28. The van der Waals surface area contributed by atoms with Crippen LogP contribution in [0.1, 0.15) is 5.56 Å². The molecule has 0 aliphatic rings. The van der Waals surface area contributed by atoms with Gasteiger partial charge in [0.1, 0.15) is 6.07 Å². The number of nitrogens with zero attached hydrogens (tertiary/aromatic N) is 2. The number of likely N-dealkylation sites (N-methyl/N-ethyl adjacent to an activating group) is 1. The lowest BCUT2D eigenvalue weighted by Gasteiger charge is -2.17. The van der Waals surface area contributed by atoms with Crippen LogP contribution in [0.15, 0.2) is 23.1 Å². The maximum absolute atomic E-state index is 9.22. The molecule has 0 fully saturated rings. The van der Waals surface area contributed by atoms with Gasteiger partial charge in [0.25, 0.3) is 0 Å². The first-order valence-corrected chi connectivity index (χ1v) is 7.43. The molecule has 0 saturated heterocycles. The highest BCUT2D eigenvalue weighted by Crippen LogP contribution is 2.25. The molecule has 19 heavy (non-hydrogen) atoms. The van der Waals surface area contributed by atoms with Crippen LogP contribution < -0.4 is 5.32 Å². The van der Waals surface area contributed by atoms with Crippen molar-refractivity contribution < 1.29 is 4.74 Å². The molecule has 0 bridgehead atoms. The van der Waals surface area contributed by atoms with Gasteiger partial charge in [-0.2, -0.15) is 5.26 Å². The Labute approximate surface area is 119 Å². The Bertz CT molecular complexity index is 431. The van der Waals surface area contributed by atoms with Gasteiger partial charge >= 0.3 is 0 Å². The van der Waals surface area contributed by atoms with E-state index in [4.69, 9.17) is 4.74 Å². The van der Waals surface area contributed by atoms with Crippen LogP contribution in [0, 0.1) is 11.3 Å². The predicted octanol–water partition coefficient (Wildman–Crippen LogP) is 2.27. The van der Waals surface area contributed by atoms with Gasteiger partial charge in [-0.3, -0.25) is 0 Å². The van der Waals surface area contributed by atoms with Gasteiger partial charge in [-0.1, -0.05) is 6.07 Å². The van der Waals surface area contributed by atoms with E-state index in [1.165, 1.54) is 0 Å². The molecule has 0 aliphatic heterocycles. The summed E-state index contributed by atoms with van der Waals surface area (Å²) in [5.41, 5.74) is 1.64. The van der Waals surface area contributed by atoms with E-state index >= 15 is 0 Å². The van der Waals surface area contributed by atoms with Crippen molar-refractivity contribution in [1.29, 1.82) is 5.26 Å². The van der Waals surface area contributed by atoms with Gasteiger partial charge in [-0.15, -0.1) is 11.8 Å². The summed E-state index contributed by atoms with van der Waals surface area (Å²) in [7, 11) is 3.77. The molecule has 0 spiro atoms. The number of hydrogen-bond acceptors (Lipinski definition) is 5. The number of thioether (sulfide) groups is 1. The number of hydrogen-bond donors (Lipinski definition) is 1. The van der Waals surface area contributed by atoms with E-state index in [0.717, 1.165) is 42.4 Å². The van der Waals surface area contributed by atoms with Crippen molar-refractivity contribution in [1.82, 2.24) is 4.90 Å². The smallest absolute Gasteiger partial charge is 0.102 e. The second-order valence-electron chi connectivity index (χ2n) is 4.22. The number of anilines is 1. The summed E-state index contributed by atoms with van der Waals surface area (Å²) in [5, 5.41) is 12.6. The summed E-state index contributed by atoms with van der Waals surface area (Å²) in [5.74, 6) is 0. The minimum Gasteiger partial charge on any atom is -0.383 e. The van der Waals surface area contributed by atoms with E-state index in [1.807, 2.05) is 24.5 Å². The number of ether oxygens (including phenoxy) is 1. The molecule has 1 aromatic rings. The predicted molar refractivity (Wildman–Crippen MR) is 80.8 cm³/mol. The summed E-state index contributed by atoms with van der Waals surface area (Å²) in [4.78, 5) is 3.21. The van der Waals surface area contributed by atoms with Crippen LogP contribution >= 0.6 is 11.8 Å². The molecule has 0 heterocycles. The zero-order valence-electron chi connectivity index (χ0n) is 11.8. The lowest BCUT2D eigenvalue weighted by molar-refractivity contribution is 0.163. The van der Waals surface area contributed by atoms with E-state index in [0.29, 0.717) is 0 Å². The molecule has 0 aromatic heterocycles. The van der Waals surface area contributed by atoms with Crippen LogP contribution in [-0.2, 0) is 4.74 Å². The van der Waals surface area contributed by atoms with Crippen molar-refractivity contribution in [3.8, 4) is 6.07 Å². The zero-order valence-corrected chi connectivity index (χ0v) is 12.6. The Morgan fingerprint density at radius 2 is 2.21 bits per heavy atom. The van der Waals surface area contributed by atoms with Crippen molar-refractivity contribution in [2.75, 3.05) is 52.0 Å². The van der Waals surface area contributed by atoms with E-state index < -0.39 is 0 Å². The van der Waals surface area contributed by atoms with E-state index in [-0.39, 0.29) is 0 Å². The molecule has 0 radical (unpaired) electrons. The SMILES string of the molecule is COCCN(C)CCNc1cccc(SC)c1C#N. The molecular weight excluding hydrogens is 258 g/mol. The normalized spacial score (nSPS) is 10.5. The number of nitrogens with one attached hydrogen (secondary N) is 1. The van der Waals surface area contributed by atoms with Crippen LogP contribution in [0.5, 0.6) is 0 Å². The fraction of sp³-hybridized carbons (Fsp3) is 0.500. The third-order valence-corrected chi connectivity index (χ3v) is 3.62.